The first-order valence-electron chi connectivity index (χ1n) is 9.11. The molecular weight excluding hydrogens is 396 g/mol. The van der Waals surface area contributed by atoms with E-state index < -0.39 is 12.1 Å². The number of aliphatic carboxylic acids is 1. The van der Waals surface area contributed by atoms with Gasteiger partial charge in [0.15, 0.2) is 0 Å². The average Bonchev–Trinajstić information content (AvgIpc) is 2.80. The number of hydrogen-bond donors (Lipinski definition) is 1. The summed E-state index contributed by atoms with van der Waals surface area (Å²) in [5.41, 5.74) is 0.607. The maximum atomic E-state index is 13.1. The first-order valence-corrected chi connectivity index (χ1v) is 9.11. The van der Waals surface area contributed by atoms with Crippen molar-refractivity contribution in [1.82, 2.24) is 4.90 Å². The summed E-state index contributed by atoms with van der Waals surface area (Å²) in [6.07, 6.45) is -4.59. The van der Waals surface area contributed by atoms with Crippen LogP contribution in [0.1, 0.15) is 20.3 Å². The molecule has 0 aliphatic carbocycles. The van der Waals surface area contributed by atoms with Crippen LogP contribution in [0.4, 0.5) is 23.2 Å². The van der Waals surface area contributed by atoms with Crippen molar-refractivity contribution in [3.05, 3.63) is 30.1 Å². The van der Waals surface area contributed by atoms with Gasteiger partial charge in [0.25, 0.3) is 0 Å². The Morgan fingerprint density at radius 1 is 1.21 bits per heavy atom. The number of amides is 1. The number of benzene rings is 1. The fourth-order valence-electron chi connectivity index (χ4n) is 3.42. The normalized spacial score (nSPS) is 23.1. The van der Waals surface area contributed by atoms with Gasteiger partial charge >= 0.3 is 12.1 Å². The summed E-state index contributed by atoms with van der Waals surface area (Å²) < 4.78 is 50.6. The molecule has 162 valence electrons. The Hall–Kier alpha value is -2.20. The van der Waals surface area contributed by atoms with Crippen molar-refractivity contribution >= 4 is 17.6 Å². The van der Waals surface area contributed by atoms with Gasteiger partial charge in [0, 0.05) is 43.2 Å². The van der Waals surface area contributed by atoms with Gasteiger partial charge < -0.3 is 14.7 Å². The molecule has 0 saturated carbocycles. The van der Waals surface area contributed by atoms with Crippen LogP contribution in [0.25, 0.3) is 0 Å². The number of carbonyl (C=O) groups is 2. The van der Waals surface area contributed by atoms with Crippen LogP contribution in [0.2, 0.25) is 0 Å². The number of halogens is 4. The lowest BCUT2D eigenvalue weighted by Gasteiger charge is -2.33. The van der Waals surface area contributed by atoms with Crippen LogP contribution in [0.15, 0.2) is 24.3 Å². The van der Waals surface area contributed by atoms with Gasteiger partial charge in [-0.3, -0.25) is 9.69 Å². The highest BCUT2D eigenvalue weighted by molar-refractivity contribution is 5.96. The van der Waals surface area contributed by atoms with Crippen molar-refractivity contribution in [3.8, 4) is 0 Å². The molecule has 1 amide bonds. The third-order valence-electron chi connectivity index (χ3n) is 4.90. The molecule has 3 rings (SSSR count). The summed E-state index contributed by atoms with van der Waals surface area (Å²) in [5, 5.41) is 7.12. The second-order valence-corrected chi connectivity index (χ2v) is 7.55. The van der Waals surface area contributed by atoms with E-state index in [9.17, 15) is 22.4 Å². The molecule has 29 heavy (non-hydrogen) atoms. The summed E-state index contributed by atoms with van der Waals surface area (Å²) in [4.78, 5) is 25.5. The van der Waals surface area contributed by atoms with Crippen molar-refractivity contribution in [2.75, 3.05) is 37.7 Å². The highest BCUT2D eigenvalue weighted by atomic mass is 19.4. The molecule has 2 heterocycles. The lowest BCUT2D eigenvalue weighted by Crippen LogP contribution is -2.43. The van der Waals surface area contributed by atoms with Crippen LogP contribution in [0, 0.1) is 11.2 Å². The van der Waals surface area contributed by atoms with Gasteiger partial charge in [0.05, 0.1) is 13.2 Å². The summed E-state index contributed by atoms with van der Waals surface area (Å²) in [5.74, 6) is -2.94. The summed E-state index contributed by atoms with van der Waals surface area (Å²) in [6.45, 7) is 8.09. The number of nitrogens with zero attached hydrogens (tertiary/aromatic N) is 2. The van der Waals surface area contributed by atoms with Gasteiger partial charge in [-0.15, -0.1) is 0 Å². The molecule has 1 N–H and O–H groups in total. The van der Waals surface area contributed by atoms with E-state index in [1.54, 1.807) is 17.0 Å². The predicted molar refractivity (Wildman–Crippen MR) is 97.0 cm³/mol. The number of hydrogen-bond acceptors (Lipinski definition) is 4. The lowest BCUT2D eigenvalue weighted by molar-refractivity contribution is -0.192. The summed E-state index contributed by atoms with van der Waals surface area (Å²) in [7, 11) is 0. The predicted octanol–water partition coefficient (Wildman–Crippen LogP) is 2.92. The fourth-order valence-corrected chi connectivity index (χ4v) is 3.42. The molecule has 2 aliphatic heterocycles. The van der Waals surface area contributed by atoms with Crippen molar-refractivity contribution < 1.29 is 37.0 Å². The van der Waals surface area contributed by atoms with Crippen LogP contribution in [0.5, 0.6) is 0 Å². The third kappa shape index (κ3) is 6.14. The lowest BCUT2D eigenvalue weighted by atomic mass is 9.87. The molecule has 0 radical (unpaired) electrons. The molecule has 1 atom stereocenters. The molecule has 1 aromatic rings. The van der Waals surface area contributed by atoms with Gasteiger partial charge in [0.1, 0.15) is 5.82 Å². The van der Waals surface area contributed by atoms with Crippen molar-refractivity contribution in [2.24, 2.45) is 5.41 Å². The Morgan fingerprint density at radius 2 is 1.79 bits per heavy atom. The minimum absolute atomic E-state index is 0.0980. The van der Waals surface area contributed by atoms with Crippen LogP contribution in [-0.4, -0.2) is 66.9 Å². The van der Waals surface area contributed by atoms with Gasteiger partial charge in [0.2, 0.25) is 5.91 Å². The average molecular weight is 420 g/mol. The Labute approximate surface area is 166 Å². The number of carboxylic acids is 1. The minimum Gasteiger partial charge on any atom is -0.475 e. The Kier molecular flexibility index (Phi) is 7.23. The topological polar surface area (TPSA) is 70.1 Å². The Bertz CT molecular complexity index is 724. The third-order valence-corrected chi connectivity index (χ3v) is 4.90. The van der Waals surface area contributed by atoms with E-state index in [0.29, 0.717) is 32.2 Å². The van der Waals surface area contributed by atoms with Gasteiger partial charge in [-0.05, 0) is 38.1 Å². The quantitative estimate of drug-likeness (QED) is 0.746. The second kappa shape index (κ2) is 9.08. The van der Waals surface area contributed by atoms with Crippen LogP contribution in [0.3, 0.4) is 0 Å². The number of carboxylic acid groups (broad SMARTS) is 1. The highest BCUT2D eigenvalue weighted by Gasteiger charge is 2.46. The molecule has 1 unspecified atom stereocenters. The number of anilines is 1. The molecular formula is C19H24F4N2O4. The smallest absolute Gasteiger partial charge is 0.475 e. The van der Waals surface area contributed by atoms with Crippen molar-refractivity contribution in [2.45, 2.75) is 32.5 Å². The van der Waals surface area contributed by atoms with E-state index in [2.05, 4.69) is 18.7 Å². The van der Waals surface area contributed by atoms with E-state index >= 15 is 0 Å². The Balaban J connectivity index is 0.000000370. The minimum atomic E-state index is -5.08. The van der Waals surface area contributed by atoms with E-state index in [0.717, 1.165) is 18.8 Å². The fraction of sp³-hybridized carbons (Fsp3) is 0.579. The number of rotatable bonds is 2. The molecule has 1 aromatic carbocycles. The standard InChI is InChI=1S/C17H23FN2O2.C2HF3O2/c1-13(2)19-7-8-22-12-17(10-19)9-16(21)20(11-17)15-5-3-14(18)4-6-15;3-2(4,5)1(6)7/h3-6,13H,7-12H2,1-2H3;(H,6,7). The summed E-state index contributed by atoms with van der Waals surface area (Å²) in [6, 6.07) is 6.58. The maximum Gasteiger partial charge on any atom is 0.490 e. The molecule has 0 aromatic heterocycles. The van der Waals surface area contributed by atoms with E-state index in [1.165, 1.54) is 12.1 Å². The van der Waals surface area contributed by atoms with Gasteiger partial charge in [-0.2, -0.15) is 13.2 Å². The Morgan fingerprint density at radius 3 is 2.31 bits per heavy atom. The van der Waals surface area contributed by atoms with E-state index in [1.807, 2.05) is 0 Å². The number of ether oxygens (including phenoxy) is 1. The second-order valence-electron chi connectivity index (χ2n) is 7.55. The molecule has 10 heteroatoms. The van der Waals surface area contributed by atoms with Crippen molar-refractivity contribution in [3.63, 3.8) is 0 Å². The van der Waals surface area contributed by atoms with Crippen LogP contribution >= 0.6 is 0 Å². The zero-order chi connectivity index (χ0) is 21.8. The molecule has 2 saturated heterocycles. The largest absolute Gasteiger partial charge is 0.490 e. The van der Waals surface area contributed by atoms with Crippen molar-refractivity contribution in [1.29, 1.82) is 0 Å². The van der Waals surface area contributed by atoms with Gasteiger partial charge in [-0.25, -0.2) is 9.18 Å². The monoisotopic (exact) mass is 420 g/mol. The van der Waals surface area contributed by atoms with Crippen LogP contribution in [-0.2, 0) is 14.3 Å². The number of alkyl halides is 3. The molecule has 2 aliphatic rings. The molecule has 1 spiro atoms. The first-order chi connectivity index (χ1) is 13.4. The first kappa shape index (κ1) is 23.1. The zero-order valence-electron chi connectivity index (χ0n) is 16.2. The summed E-state index contributed by atoms with van der Waals surface area (Å²) >= 11 is 0. The van der Waals surface area contributed by atoms with Crippen LogP contribution < -0.4 is 4.90 Å². The van der Waals surface area contributed by atoms with E-state index in [4.69, 9.17) is 14.6 Å². The molecule has 2 fully saturated rings. The molecule has 0 bridgehead atoms. The zero-order valence-corrected chi connectivity index (χ0v) is 16.2. The SMILES string of the molecule is CC(C)N1CCOCC2(CC(=O)N(c3ccc(F)cc3)C2)C1.O=C(O)C(F)(F)F. The maximum absolute atomic E-state index is 13.1. The number of carbonyl (C=O) groups excluding carboxylic acids is 1. The highest BCUT2D eigenvalue weighted by Crippen LogP contribution is 2.37. The van der Waals surface area contributed by atoms with Gasteiger partial charge in [-0.1, -0.05) is 0 Å². The molecule has 6 nitrogen and oxygen atoms in total. The van der Waals surface area contributed by atoms with E-state index in [-0.39, 0.29) is 17.1 Å².